The molecule has 0 amide bonds. The smallest absolute Gasteiger partial charge is 0.198 e. The van der Waals surface area contributed by atoms with Gasteiger partial charge in [0.1, 0.15) is 5.52 Å². The molecule has 1 fully saturated rings. The lowest BCUT2D eigenvalue weighted by atomic mass is 9.89. The van der Waals surface area contributed by atoms with E-state index in [0.717, 1.165) is 21.5 Å². The molecule has 0 unspecified atom stereocenters. The highest BCUT2D eigenvalue weighted by Crippen LogP contribution is 2.35. The van der Waals surface area contributed by atoms with Gasteiger partial charge in [0.05, 0.1) is 4.47 Å². The van der Waals surface area contributed by atoms with E-state index in [9.17, 15) is 0 Å². The first-order chi connectivity index (χ1) is 7.84. The second-order valence-electron chi connectivity index (χ2n) is 4.48. The van der Waals surface area contributed by atoms with E-state index in [0.29, 0.717) is 5.92 Å². The van der Waals surface area contributed by atoms with Crippen molar-refractivity contribution in [3.8, 4) is 0 Å². The van der Waals surface area contributed by atoms with Crippen LogP contribution in [0.4, 0.5) is 0 Å². The average molecular weight is 280 g/mol. The van der Waals surface area contributed by atoms with E-state index >= 15 is 0 Å². The summed E-state index contributed by atoms with van der Waals surface area (Å²) in [7, 11) is 0. The average Bonchev–Trinajstić information content (AvgIpc) is 2.76. The van der Waals surface area contributed by atoms with Crippen LogP contribution in [0.15, 0.2) is 27.1 Å². The molecule has 1 heterocycles. The third-order valence-electron chi connectivity index (χ3n) is 3.34. The van der Waals surface area contributed by atoms with E-state index in [4.69, 9.17) is 4.42 Å². The maximum atomic E-state index is 5.88. The Bertz CT molecular complexity index is 500. The molecule has 0 aliphatic heterocycles. The minimum Gasteiger partial charge on any atom is -0.439 e. The molecule has 84 valence electrons. The number of fused-ring (bicyclic) bond motifs is 1. The Kier molecular flexibility index (Phi) is 2.72. The molecule has 0 N–H and O–H groups in total. The Balaban J connectivity index is 2.01. The molecular weight excluding hydrogens is 266 g/mol. The van der Waals surface area contributed by atoms with Gasteiger partial charge in [0.2, 0.25) is 0 Å². The molecule has 0 saturated heterocycles. The van der Waals surface area contributed by atoms with Crippen LogP contribution in [0.25, 0.3) is 11.1 Å². The zero-order chi connectivity index (χ0) is 11.0. The predicted octanol–water partition coefficient (Wildman–Crippen LogP) is 4.64. The Hall–Kier alpha value is -0.830. The van der Waals surface area contributed by atoms with Crippen LogP contribution in [-0.2, 0) is 0 Å². The van der Waals surface area contributed by atoms with E-state index in [1.165, 1.54) is 32.1 Å². The van der Waals surface area contributed by atoms with Crippen molar-refractivity contribution in [2.75, 3.05) is 0 Å². The Morgan fingerprint density at radius 3 is 2.75 bits per heavy atom. The Morgan fingerprint density at radius 1 is 1.19 bits per heavy atom. The minimum absolute atomic E-state index is 0.535. The summed E-state index contributed by atoms with van der Waals surface area (Å²) in [6.07, 6.45) is 6.43. The van der Waals surface area contributed by atoms with Crippen LogP contribution in [0.5, 0.6) is 0 Å². The van der Waals surface area contributed by atoms with Crippen LogP contribution in [0.1, 0.15) is 43.9 Å². The van der Waals surface area contributed by atoms with Crippen molar-refractivity contribution < 1.29 is 4.42 Å². The summed E-state index contributed by atoms with van der Waals surface area (Å²) in [6.45, 7) is 0. The highest BCUT2D eigenvalue weighted by atomic mass is 79.9. The first-order valence-corrected chi connectivity index (χ1v) is 6.69. The van der Waals surface area contributed by atoms with Gasteiger partial charge in [-0.05, 0) is 40.9 Å². The third-order valence-corrected chi connectivity index (χ3v) is 3.96. The molecule has 1 aliphatic carbocycles. The standard InChI is InChI=1S/C13H14BrNO/c14-10-7-4-8-11-12(10)16-13(15-11)9-5-2-1-3-6-9/h4,7-9H,1-3,5-6H2. The summed E-state index contributed by atoms with van der Waals surface area (Å²) in [5.41, 5.74) is 1.86. The number of hydrogen-bond donors (Lipinski definition) is 0. The highest BCUT2D eigenvalue weighted by Gasteiger charge is 2.21. The molecule has 16 heavy (non-hydrogen) atoms. The van der Waals surface area contributed by atoms with E-state index in [1.54, 1.807) is 0 Å². The fraction of sp³-hybridized carbons (Fsp3) is 0.462. The van der Waals surface area contributed by atoms with Gasteiger partial charge in [0.15, 0.2) is 11.5 Å². The van der Waals surface area contributed by atoms with Crippen LogP contribution in [0.3, 0.4) is 0 Å². The quantitative estimate of drug-likeness (QED) is 0.760. The summed E-state index contributed by atoms with van der Waals surface area (Å²) in [4.78, 5) is 4.60. The SMILES string of the molecule is Brc1cccc2nc(C3CCCCC3)oc12. The molecule has 3 heteroatoms. The summed E-state index contributed by atoms with van der Waals surface area (Å²) >= 11 is 3.50. The van der Waals surface area contributed by atoms with Crippen molar-refractivity contribution >= 4 is 27.0 Å². The molecule has 0 spiro atoms. The molecule has 3 rings (SSSR count). The number of rotatable bonds is 1. The van der Waals surface area contributed by atoms with E-state index in [-0.39, 0.29) is 0 Å². The van der Waals surface area contributed by atoms with Gasteiger partial charge in [-0.15, -0.1) is 0 Å². The zero-order valence-corrected chi connectivity index (χ0v) is 10.7. The first-order valence-electron chi connectivity index (χ1n) is 5.89. The zero-order valence-electron chi connectivity index (χ0n) is 9.08. The lowest BCUT2D eigenvalue weighted by Gasteiger charge is -2.17. The topological polar surface area (TPSA) is 26.0 Å². The maximum Gasteiger partial charge on any atom is 0.198 e. The van der Waals surface area contributed by atoms with Gasteiger partial charge in [-0.1, -0.05) is 25.3 Å². The molecule has 0 bridgehead atoms. The number of halogens is 1. The van der Waals surface area contributed by atoms with Gasteiger partial charge in [0.25, 0.3) is 0 Å². The number of oxazole rings is 1. The van der Waals surface area contributed by atoms with Crippen molar-refractivity contribution in [3.63, 3.8) is 0 Å². The molecule has 1 saturated carbocycles. The molecule has 0 atom stereocenters. The van der Waals surface area contributed by atoms with Crippen molar-refractivity contribution in [3.05, 3.63) is 28.6 Å². The first kappa shape index (κ1) is 10.3. The number of nitrogens with zero attached hydrogens (tertiary/aromatic N) is 1. The van der Waals surface area contributed by atoms with E-state index in [2.05, 4.69) is 20.9 Å². The number of benzene rings is 1. The van der Waals surface area contributed by atoms with Crippen molar-refractivity contribution in [2.45, 2.75) is 38.0 Å². The largest absolute Gasteiger partial charge is 0.439 e. The lowest BCUT2D eigenvalue weighted by Crippen LogP contribution is -2.04. The molecular formula is C13H14BrNO. The van der Waals surface area contributed by atoms with Crippen LogP contribution >= 0.6 is 15.9 Å². The van der Waals surface area contributed by atoms with Gasteiger partial charge < -0.3 is 4.42 Å². The number of hydrogen-bond acceptors (Lipinski definition) is 2. The summed E-state index contributed by atoms with van der Waals surface area (Å²) < 4.78 is 6.88. The van der Waals surface area contributed by atoms with Crippen molar-refractivity contribution in [2.24, 2.45) is 0 Å². The van der Waals surface area contributed by atoms with Gasteiger partial charge in [-0.25, -0.2) is 4.98 Å². The van der Waals surface area contributed by atoms with Gasteiger partial charge >= 0.3 is 0 Å². The normalized spacial score (nSPS) is 18.1. The Morgan fingerprint density at radius 2 is 2.00 bits per heavy atom. The van der Waals surface area contributed by atoms with Gasteiger partial charge in [0, 0.05) is 5.92 Å². The van der Waals surface area contributed by atoms with Gasteiger partial charge in [-0.3, -0.25) is 0 Å². The molecule has 0 radical (unpaired) electrons. The van der Waals surface area contributed by atoms with Crippen molar-refractivity contribution in [1.82, 2.24) is 4.98 Å². The Labute approximate surface area is 103 Å². The number of aromatic nitrogens is 1. The van der Waals surface area contributed by atoms with E-state index in [1.807, 2.05) is 18.2 Å². The van der Waals surface area contributed by atoms with Gasteiger partial charge in [-0.2, -0.15) is 0 Å². The predicted molar refractivity (Wildman–Crippen MR) is 67.5 cm³/mol. The molecule has 2 aromatic rings. The van der Waals surface area contributed by atoms with Crippen LogP contribution in [0.2, 0.25) is 0 Å². The van der Waals surface area contributed by atoms with Crippen LogP contribution in [0, 0.1) is 0 Å². The molecule has 1 aliphatic rings. The molecule has 1 aromatic carbocycles. The van der Waals surface area contributed by atoms with Crippen LogP contribution in [-0.4, -0.2) is 4.98 Å². The second kappa shape index (κ2) is 4.21. The second-order valence-corrected chi connectivity index (χ2v) is 5.33. The summed E-state index contributed by atoms with van der Waals surface area (Å²) in [6, 6.07) is 6.01. The lowest BCUT2D eigenvalue weighted by molar-refractivity contribution is 0.373. The number of para-hydroxylation sites is 1. The fourth-order valence-electron chi connectivity index (χ4n) is 2.46. The van der Waals surface area contributed by atoms with Crippen molar-refractivity contribution in [1.29, 1.82) is 0 Å². The minimum atomic E-state index is 0.535. The van der Waals surface area contributed by atoms with Crippen LogP contribution < -0.4 is 0 Å². The maximum absolute atomic E-state index is 5.88. The monoisotopic (exact) mass is 279 g/mol. The van der Waals surface area contributed by atoms with E-state index < -0.39 is 0 Å². The highest BCUT2D eigenvalue weighted by molar-refractivity contribution is 9.10. The third kappa shape index (κ3) is 1.77. The molecule has 1 aromatic heterocycles. The summed E-state index contributed by atoms with van der Waals surface area (Å²) in [5, 5.41) is 0. The summed E-state index contributed by atoms with van der Waals surface area (Å²) in [5.74, 6) is 1.47. The molecule has 2 nitrogen and oxygen atoms in total. The fourth-order valence-corrected chi connectivity index (χ4v) is 2.89.